The Bertz CT molecular complexity index is 1130. The van der Waals surface area contributed by atoms with E-state index >= 15 is 0 Å². The van der Waals surface area contributed by atoms with Crippen LogP contribution in [0.3, 0.4) is 0 Å². The Balaban J connectivity index is 1.26. The van der Waals surface area contributed by atoms with Gasteiger partial charge in [-0.05, 0) is 18.2 Å². The number of carbonyl (C=O) groups excluding carboxylic acids is 1. The molecule has 0 N–H and O–H groups in total. The lowest BCUT2D eigenvalue weighted by atomic mass is 10.1. The molecule has 1 aliphatic rings. The third-order valence-corrected chi connectivity index (χ3v) is 7.59. The lowest BCUT2D eigenvalue weighted by Crippen LogP contribution is -2.41. The third-order valence-electron chi connectivity index (χ3n) is 5.00. The van der Waals surface area contributed by atoms with Gasteiger partial charge in [-0.2, -0.15) is 0 Å². The van der Waals surface area contributed by atoms with E-state index in [1.807, 2.05) is 47.4 Å². The number of thiophene rings is 1. The minimum absolute atomic E-state index is 0.0182. The van der Waals surface area contributed by atoms with Crippen LogP contribution in [0, 0.1) is 0 Å². The number of ether oxygens (including phenoxy) is 1. The molecule has 1 aliphatic heterocycles. The standard InChI is InChI=1S/C21H17ClN2O2S2/c22-18-14-5-1-3-7-16(14)27-19(18)20(25)24-11-9-13(10-12-24)26-21-23-15-6-2-4-8-17(15)28-21/h1-8,13H,9-12H2. The molecule has 0 aliphatic carbocycles. The van der Waals surface area contributed by atoms with Crippen LogP contribution < -0.4 is 4.74 Å². The Hall–Kier alpha value is -2.15. The zero-order valence-corrected chi connectivity index (χ0v) is 17.3. The zero-order chi connectivity index (χ0) is 19.1. The number of likely N-dealkylation sites (tertiary alicyclic amines) is 1. The molecule has 5 rings (SSSR count). The van der Waals surface area contributed by atoms with E-state index in [1.54, 1.807) is 11.3 Å². The van der Waals surface area contributed by atoms with Gasteiger partial charge in [0.2, 0.25) is 0 Å². The number of aromatic nitrogens is 1. The summed E-state index contributed by atoms with van der Waals surface area (Å²) in [6.45, 7) is 1.33. The average molecular weight is 429 g/mol. The van der Waals surface area contributed by atoms with Gasteiger partial charge < -0.3 is 9.64 Å². The zero-order valence-electron chi connectivity index (χ0n) is 14.9. The monoisotopic (exact) mass is 428 g/mol. The van der Waals surface area contributed by atoms with Crippen LogP contribution in [-0.2, 0) is 0 Å². The summed E-state index contributed by atoms with van der Waals surface area (Å²) in [5.41, 5.74) is 0.967. The van der Waals surface area contributed by atoms with Gasteiger partial charge in [0.05, 0.1) is 15.2 Å². The number of hydrogen-bond acceptors (Lipinski definition) is 5. The maximum atomic E-state index is 13.0. The second-order valence-electron chi connectivity index (χ2n) is 6.80. The van der Waals surface area contributed by atoms with E-state index in [9.17, 15) is 4.79 Å². The number of nitrogens with zero attached hydrogens (tertiary/aromatic N) is 2. The highest BCUT2D eigenvalue weighted by Crippen LogP contribution is 2.36. The van der Waals surface area contributed by atoms with Crippen LogP contribution in [0.1, 0.15) is 22.5 Å². The highest BCUT2D eigenvalue weighted by Gasteiger charge is 2.28. The van der Waals surface area contributed by atoms with Crippen molar-refractivity contribution in [3.63, 3.8) is 0 Å². The van der Waals surface area contributed by atoms with Gasteiger partial charge in [0.1, 0.15) is 11.0 Å². The summed E-state index contributed by atoms with van der Waals surface area (Å²) in [5.74, 6) is 0.0182. The molecular weight excluding hydrogens is 412 g/mol. The van der Waals surface area contributed by atoms with Crippen LogP contribution in [0.25, 0.3) is 20.3 Å². The second kappa shape index (κ2) is 7.35. The molecule has 3 heterocycles. The molecule has 1 amide bonds. The van der Waals surface area contributed by atoms with Crippen molar-refractivity contribution in [3.8, 4) is 5.19 Å². The summed E-state index contributed by atoms with van der Waals surface area (Å²) >= 11 is 9.52. The van der Waals surface area contributed by atoms with Crippen molar-refractivity contribution < 1.29 is 9.53 Å². The van der Waals surface area contributed by atoms with Gasteiger partial charge in [0, 0.05) is 36.0 Å². The SMILES string of the molecule is O=C(c1sc2ccccc2c1Cl)N1CCC(Oc2nc3ccccc3s2)CC1. The van der Waals surface area contributed by atoms with E-state index in [-0.39, 0.29) is 12.0 Å². The minimum Gasteiger partial charge on any atom is -0.467 e. The Morgan fingerprint density at radius 1 is 1.04 bits per heavy atom. The first-order valence-electron chi connectivity index (χ1n) is 9.17. The van der Waals surface area contributed by atoms with Crippen molar-refractivity contribution in [1.29, 1.82) is 0 Å². The first-order valence-corrected chi connectivity index (χ1v) is 11.2. The third kappa shape index (κ3) is 3.26. The molecule has 2 aromatic carbocycles. The first kappa shape index (κ1) is 17.9. The Morgan fingerprint density at radius 3 is 2.50 bits per heavy atom. The smallest absolute Gasteiger partial charge is 0.274 e. The van der Waals surface area contributed by atoms with Crippen LogP contribution in [-0.4, -0.2) is 35.0 Å². The lowest BCUT2D eigenvalue weighted by molar-refractivity contribution is 0.0600. The largest absolute Gasteiger partial charge is 0.467 e. The fourth-order valence-corrected chi connectivity index (χ4v) is 5.88. The van der Waals surface area contributed by atoms with Crippen molar-refractivity contribution in [3.05, 3.63) is 58.4 Å². The molecule has 142 valence electrons. The van der Waals surface area contributed by atoms with Crippen LogP contribution in [0.2, 0.25) is 5.02 Å². The molecule has 0 unspecified atom stereocenters. The summed E-state index contributed by atoms with van der Waals surface area (Å²) in [4.78, 5) is 20.0. The molecule has 0 saturated carbocycles. The van der Waals surface area contributed by atoms with Gasteiger partial charge in [-0.3, -0.25) is 4.79 Å². The fraction of sp³-hybridized carbons (Fsp3) is 0.238. The minimum atomic E-state index is 0.0182. The van der Waals surface area contributed by atoms with E-state index in [0.717, 1.165) is 33.1 Å². The van der Waals surface area contributed by atoms with Crippen LogP contribution in [0.15, 0.2) is 48.5 Å². The predicted octanol–water partition coefficient (Wildman–Crippen LogP) is 5.85. The van der Waals surface area contributed by atoms with Crippen molar-refractivity contribution >= 4 is 60.5 Å². The number of benzene rings is 2. The average Bonchev–Trinajstić information content (AvgIpc) is 3.29. The second-order valence-corrected chi connectivity index (χ2v) is 9.22. The van der Waals surface area contributed by atoms with E-state index < -0.39 is 0 Å². The predicted molar refractivity (Wildman–Crippen MR) is 116 cm³/mol. The van der Waals surface area contributed by atoms with E-state index in [0.29, 0.717) is 28.2 Å². The number of piperidine rings is 1. The summed E-state index contributed by atoms with van der Waals surface area (Å²) in [5, 5.41) is 2.23. The van der Waals surface area contributed by atoms with E-state index in [2.05, 4.69) is 11.1 Å². The number of halogens is 1. The van der Waals surface area contributed by atoms with Gasteiger partial charge in [0.15, 0.2) is 0 Å². The van der Waals surface area contributed by atoms with Gasteiger partial charge in [0.25, 0.3) is 11.1 Å². The molecule has 2 aromatic heterocycles. The molecule has 0 radical (unpaired) electrons. The number of para-hydroxylation sites is 1. The lowest BCUT2D eigenvalue weighted by Gasteiger charge is -2.31. The molecule has 1 fully saturated rings. The molecule has 0 atom stereocenters. The van der Waals surface area contributed by atoms with E-state index in [1.165, 1.54) is 11.3 Å². The molecule has 0 bridgehead atoms. The summed E-state index contributed by atoms with van der Waals surface area (Å²) in [6.07, 6.45) is 1.68. The summed E-state index contributed by atoms with van der Waals surface area (Å²) < 4.78 is 8.27. The highest BCUT2D eigenvalue weighted by molar-refractivity contribution is 7.21. The quantitative estimate of drug-likeness (QED) is 0.411. The molecule has 7 heteroatoms. The summed E-state index contributed by atoms with van der Waals surface area (Å²) in [6, 6.07) is 15.9. The molecule has 4 nitrogen and oxygen atoms in total. The fourth-order valence-electron chi connectivity index (χ4n) is 3.52. The van der Waals surface area contributed by atoms with E-state index in [4.69, 9.17) is 16.3 Å². The maximum absolute atomic E-state index is 13.0. The maximum Gasteiger partial charge on any atom is 0.274 e. The first-order chi connectivity index (χ1) is 13.7. The Kier molecular flexibility index (Phi) is 4.70. The molecule has 28 heavy (non-hydrogen) atoms. The number of fused-ring (bicyclic) bond motifs is 2. The van der Waals surface area contributed by atoms with Gasteiger partial charge in [-0.25, -0.2) is 4.98 Å². The van der Waals surface area contributed by atoms with Crippen LogP contribution in [0.5, 0.6) is 5.19 Å². The number of thiazole rings is 1. The molecular formula is C21H17ClN2O2S2. The van der Waals surface area contributed by atoms with Gasteiger partial charge in [-0.1, -0.05) is 53.3 Å². The number of carbonyl (C=O) groups is 1. The number of hydrogen-bond donors (Lipinski definition) is 0. The van der Waals surface area contributed by atoms with Crippen LogP contribution >= 0.6 is 34.3 Å². The number of rotatable bonds is 3. The Morgan fingerprint density at radius 2 is 1.75 bits per heavy atom. The molecule has 0 spiro atoms. The molecule has 4 aromatic rings. The van der Waals surface area contributed by atoms with Gasteiger partial charge >= 0.3 is 0 Å². The van der Waals surface area contributed by atoms with Gasteiger partial charge in [-0.15, -0.1) is 11.3 Å². The highest BCUT2D eigenvalue weighted by atomic mass is 35.5. The topological polar surface area (TPSA) is 42.4 Å². The van der Waals surface area contributed by atoms with Crippen molar-refractivity contribution in [1.82, 2.24) is 9.88 Å². The number of amides is 1. The summed E-state index contributed by atoms with van der Waals surface area (Å²) in [7, 11) is 0. The molecule has 1 saturated heterocycles. The van der Waals surface area contributed by atoms with Crippen LogP contribution in [0.4, 0.5) is 0 Å². The normalized spacial score (nSPS) is 15.4. The van der Waals surface area contributed by atoms with Crippen molar-refractivity contribution in [2.45, 2.75) is 18.9 Å². The Labute approximate surface area is 175 Å². The van der Waals surface area contributed by atoms with Crippen molar-refractivity contribution in [2.24, 2.45) is 0 Å². The van der Waals surface area contributed by atoms with Crippen molar-refractivity contribution in [2.75, 3.05) is 13.1 Å².